The summed E-state index contributed by atoms with van der Waals surface area (Å²) in [5.74, 6) is 0. The molecule has 1 unspecified atom stereocenters. The molecule has 1 aromatic carbocycles. The number of pyridine rings is 1. The van der Waals surface area contributed by atoms with Crippen molar-refractivity contribution >= 4 is 10.9 Å². The van der Waals surface area contributed by atoms with E-state index in [2.05, 4.69) is 4.98 Å². The lowest BCUT2D eigenvalue weighted by atomic mass is 9.92. The number of hydrogen-bond acceptors (Lipinski definition) is 3. The Balaban J connectivity index is 2.36. The molecular weight excluding hydrogens is 212 g/mol. The van der Waals surface area contributed by atoms with E-state index < -0.39 is 5.60 Å². The lowest BCUT2D eigenvalue weighted by Crippen LogP contribution is -2.30. The highest BCUT2D eigenvalue weighted by Crippen LogP contribution is 2.22. The van der Waals surface area contributed by atoms with E-state index >= 15 is 0 Å². The van der Waals surface area contributed by atoms with Crippen LogP contribution in [0.5, 0.6) is 0 Å². The minimum atomic E-state index is -0.751. The van der Waals surface area contributed by atoms with Crippen molar-refractivity contribution in [1.82, 2.24) is 4.98 Å². The molecule has 3 nitrogen and oxygen atoms in total. The first-order chi connectivity index (χ1) is 8.12. The maximum Gasteiger partial charge on any atom is 0.0704 e. The quantitative estimate of drug-likeness (QED) is 0.843. The van der Waals surface area contributed by atoms with Crippen LogP contribution in [0.3, 0.4) is 0 Å². The molecule has 1 aromatic heterocycles. The summed E-state index contributed by atoms with van der Waals surface area (Å²) in [6, 6.07) is 9.95. The molecule has 0 aliphatic rings. The van der Waals surface area contributed by atoms with Crippen LogP contribution in [-0.2, 0) is 6.42 Å². The summed E-state index contributed by atoms with van der Waals surface area (Å²) in [6.45, 7) is 2.32. The van der Waals surface area contributed by atoms with Gasteiger partial charge in [0.2, 0.25) is 0 Å². The molecule has 90 valence electrons. The van der Waals surface area contributed by atoms with Gasteiger partial charge in [-0.25, -0.2) is 0 Å². The predicted octanol–water partition coefficient (Wildman–Crippen LogP) is 1.88. The first-order valence-corrected chi connectivity index (χ1v) is 5.87. The van der Waals surface area contributed by atoms with E-state index in [0.29, 0.717) is 19.4 Å². The van der Waals surface area contributed by atoms with Crippen LogP contribution in [0.2, 0.25) is 0 Å². The van der Waals surface area contributed by atoms with Crippen LogP contribution in [0, 0.1) is 0 Å². The van der Waals surface area contributed by atoms with Gasteiger partial charge in [-0.1, -0.05) is 18.2 Å². The van der Waals surface area contributed by atoms with Crippen molar-refractivity contribution in [3.05, 3.63) is 42.1 Å². The third kappa shape index (κ3) is 2.81. The third-order valence-electron chi connectivity index (χ3n) is 2.99. The lowest BCUT2D eigenvalue weighted by Gasteiger charge is -2.23. The summed E-state index contributed by atoms with van der Waals surface area (Å²) in [6.07, 6.45) is 2.99. The van der Waals surface area contributed by atoms with Gasteiger partial charge in [0, 0.05) is 18.0 Å². The Morgan fingerprint density at radius 3 is 2.82 bits per heavy atom. The zero-order valence-corrected chi connectivity index (χ0v) is 10.1. The summed E-state index contributed by atoms with van der Waals surface area (Å²) < 4.78 is 0. The molecule has 0 fully saturated rings. The van der Waals surface area contributed by atoms with Crippen molar-refractivity contribution in [3.63, 3.8) is 0 Å². The van der Waals surface area contributed by atoms with Crippen molar-refractivity contribution in [1.29, 1.82) is 0 Å². The minimum absolute atomic E-state index is 0.496. The summed E-state index contributed by atoms with van der Waals surface area (Å²) in [4.78, 5) is 4.31. The maximum absolute atomic E-state index is 10.2. The van der Waals surface area contributed by atoms with Gasteiger partial charge in [0.25, 0.3) is 0 Å². The van der Waals surface area contributed by atoms with Gasteiger partial charge in [-0.2, -0.15) is 0 Å². The number of para-hydroxylation sites is 1. The number of fused-ring (bicyclic) bond motifs is 1. The van der Waals surface area contributed by atoms with Crippen LogP contribution in [0.15, 0.2) is 36.5 Å². The first kappa shape index (κ1) is 12.0. The van der Waals surface area contributed by atoms with E-state index in [0.717, 1.165) is 16.5 Å². The molecule has 3 heteroatoms. The van der Waals surface area contributed by atoms with Gasteiger partial charge < -0.3 is 10.8 Å². The maximum atomic E-state index is 10.2. The Kier molecular flexibility index (Phi) is 3.41. The highest BCUT2D eigenvalue weighted by atomic mass is 16.3. The fourth-order valence-electron chi connectivity index (χ4n) is 2.12. The molecule has 3 N–H and O–H groups in total. The number of benzene rings is 1. The second kappa shape index (κ2) is 4.82. The molecule has 1 atom stereocenters. The van der Waals surface area contributed by atoms with Crippen LogP contribution in [0.4, 0.5) is 0 Å². The molecule has 2 aromatic rings. The number of hydrogen-bond donors (Lipinski definition) is 2. The zero-order chi connectivity index (χ0) is 12.3. The van der Waals surface area contributed by atoms with Crippen molar-refractivity contribution in [2.75, 3.05) is 6.54 Å². The number of aliphatic hydroxyl groups is 1. The van der Waals surface area contributed by atoms with E-state index in [1.54, 1.807) is 6.20 Å². The SMILES string of the molecule is CC(O)(CCN)Cc1ccnc2ccccc12. The molecule has 0 saturated carbocycles. The molecule has 0 spiro atoms. The van der Waals surface area contributed by atoms with Crippen LogP contribution < -0.4 is 5.73 Å². The molecular formula is C14H18N2O. The van der Waals surface area contributed by atoms with E-state index in [1.807, 2.05) is 37.3 Å². The third-order valence-corrected chi connectivity index (χ3v) is 2.99. The molecule has 0 bridgehead atoms. The van der Waals surface area contributed by atoms with Crippen LogP contribution in [-0.4, -0.2) is 22.2 Å². The number of nitrogens with two attached hydrogens (primary N) is 1. The van der Waals surface area contributed by atoms with Crippen molar-refractivity contribution < 1.29 is 5.11 Å². The summed E-state index contributed by atoms with van der Waals surface area (Å²) in [5, 5.41) is 11.3. The van der Waals surface area contributed by atoms with E-state index in [-0.39, 0.29) is 0 Å². The second-order valence-electron chi connectivity index (χ2n) is 4.70. The summed E-state index contributed by atoms with van der Waals surface area (Å²) in [7, 11) is 0. The highest BCUT2D eigenvalue weighted by molar-refractivity contribution is 5.81. The fourth-order valence-corrected chi connectivity index (χ4v) is 2.12. The van der Waals surface area contributed by atoms with Gasteiger partial charge in [-0.3, -0.25) is 4.98 Å². The monoisotopic (exact) mass is 230 g/mol. The second-order valence-corrected chi connectivity index (χ2v) is 4.70. The molecule has 17 heavy (non-hydrogen) atoms. The molecule has 0 radical (unpaired) electrons. The van der Waals surface area contributed by atoms with Gasteiger partial charge in [0.05, 0.1) is 11.1 Å². The van der Waals surface area contributed by atoms with Crippen LogP contribution >= 0.6 is 0 Å². The van der Waals surface area contributed by atoms with Gasteiger partial charge in [0.15, 0.2) is 0 Å². The number of aromatic nitrogens is 1. The van der Waals surface area contributed by atoms with Gasteiger partial charge >= 0.3 is 0 Å². The topological polar surface area (TPSA) is 59.1 Å². The van der Waals surface area contributed by atoms with Gasteiger partial charge in [-0.05, 0) is 37.6 Å². The van der Waals surface area contributed by atoms with Crippen LogP contribution in [0.25, 0.3) is 10.9 Å². The molecule has 0 amide bonds. The smallest absolute Gasteiger partial charge is 0.0704 e. The minimum Gasteiger partial charge on any atom is -0.390 e. The standard InChI is InChI=1S/C14H18N2O/c1-14(17,7-8-15)10-11-6-9-16-13-5-3-2-4-12(11)13/h2-6,9,17H,7-8,10,15H2,1H3. The zero-order valence-electron chi connectivity index (χ0n) is 10.1. The lowest BCUT2D eigenvalue weighted by molar-refractivity contribution is 0.0542. The van der Waals surface area contributed by atoms with Crippen molar-refractivity contribution in [2.24, 2.45) is 5.73 Å². The first-order valence-electron chi connectivity index (χ1n) is 5.87. The van der Waals surface area contributed by atoms with Crippen LogP contribution in [0.1, 0.15) is 18.9 Å². The van der Waals surface area contributed by atoms with Gasteiger partial charge in [-0.15, -0.1) is 0 Å². The predicted molar refractivity (Wildman–Crippen MR) is 69.7 cm³/mol. The Hall–Kier alpha value is -1.45. The summed E-state index contributed by atoms with van der Waals surface area (Å²) in [5.41, 5.74) is 6.84. The van der Waals surface area contributed by atoms with E-state index in [4.69, 9.17) is 5.73 Å². The average Bonchev–Trinajstić information content (AvgIpc) is 2.29. The van der Waals surface area contributed by atoms with Crippen molar-refractivity contribution in [3.8, 4) is 0 Å². The van der Waals surface area contributed by atoms with Gasteiger partial charge in [0.1, 0.15) is 0 Å². The molecule has 0 aliphatic heterocycles. The Bertz CT molecular complexity index is 503. The number of rotatable bonds is 4. The van der Waals surface area contributed by atoms with Crippen molar-refractivity contribution in [2.45, 2.75) is 25.4 Å². The molecule has 0 aliphatic carbocycles. The van der Waals surface area contributed by atoms with E-state index in [1.165, 1.54) is 0 Å². The van der Waals surface area contributed by atoms with E-state index in [9.17, 15) is 5.11 Å². The molecule has 2 rings (SSSR count). The Morgan fingerprint density at radius 1 is 1.29 bits per heavy atom. The average molecular weight is 230 g/mol. The molecule has 1 heterocycles. The highest BCUT2D eigenvalue weighted by Gasteiger charge is 2.20. The fraction of sp³-hybridized carbons (Fsp3) is 0.357. The molecule has 0 saturated heterocycles. The Labute approximate surface area is 101 Å². The normalized spacial score (nSPS) is 14.8. The summed E-state index contributed by atoms with van der Waals surface area (Å²) >= 11 is 0. The largest absolute Gasteiger partial charge is 0.390 e. The Morgan fingerprint density at radius 2 is 2.06 bits per heavy atom. The number of nitrogens with zero attached hydrogens (tertiary/aromatic N) is 1.